The first-order valence-corrected chi connectivity index (χ1v) is 8.79. The minimum atomic E-state index is -2.24. The zero-order valence-electron chi connectivity index (χ0n) is 14.8. The molecular weight excluding hydrogens is 300 g/mol. The van der Waals surface area contributed by atoms with Gasteiger partial charge in [0.2, 0.25) is 0 Å². The Labute approximate surface area is 139 Å². The summed E-state index contributed by atoms with van der Waals surface area (Å²) in [4.78, 5) is 8.50. The molecule has 0 aromatic heterocycles. The molecule has 0 unspecified atom stereocenters. The molecule has 1 heterocycles. The van der Waals surface area contributed by atoms with Crippen LogP contribution in [0.1, 0.15) is 33.1 Å². The fourth-order valence-corrected chi connectivity index (χ4v) is 2.92. The Kier molecular flexibility index (Phi) is 10.1. The van der Waals surface area contributed by atoms with Crippen LogP contribution in [-0.2, 0) is 0 Å². The Hall–Kier alpha value is -0.950. The summed E-state index contributed by atoms with van der Waals surface area (Å²) in [5.74, 6) is 0.810. The van der Waals surface area contributed by atoms with Crippen molar-refractivity contribution in [3.8, 4) is 0 Å². The lowest BCUT2D eigenvalue weighted by Crippen LogP contribution is -2.50. The highest BCUT2D eigenvalue weighted by atomic mass is 19.3. The second kappa shape index (κ2) is 11.6. The third-order valence-electron chi connectivity index (χ3n) is 4.26. The average Bonchev–Trinajstić information content (AvgIpc) is 2.54. The molecule has 23 heavy (non-hydrogen) atoms. The van der Waals surface area contributed by atoms with Gasteiger partial charge in [0.25, 0.3) is 6.43 Å². The highest BCUT2D eigenvalue weighted by Gasteiger charge is 2.21. The van der Waals surface area contributed by atoms with E-state index < -0.39 is 6.43 Å². The minimum absolute atomic E-state index is 0.107. The number of hydrogen-bond donors (Lipinski definition) is 2. The Morgan fingerprint density at radius 3 is 2.48 bits per heavy atom. The molecule has 1 saturated heterocycles. The van der Waals surface area contributed by atoms with Crippen molar-refractivity contribution in [3.05, 3.63) is 0 Å². The number of aliphatic imine (C=N–C) groups is 1. The van der Waals surface area contributed by atoms with Crippen LogP contribution in [-0.4, -0.2) is 81.1 Å². The van der Waals surface area contributed by atoms with Crippen molar-refractivity contribution < 1.29 is 8.78 Å². The molecule has 0 saturated carbocycles. The predicted molar refractivity (Wildman–Crippen MR) is 92.4 cm³/mol. The molecule has 1 aliphatic rings. The van der Waals surface area contributed by atoms with E-state index in [-0.39, 0.29) is 6.54 Å². The van der Waals surface area contributed by atoms with Crippen molar-refractivity contribution in [1.82, 2.24) is 20.4 Å². The second-order valence-corrected chi connectivity index (χ2v) is 6.04. The number of nitrogens with one attached hydrogen (secondary N) is 2. The number of likely N-dealkylation sites (N-methyl/N-ethyl adjacent to an activating group) is 1. The van der Waals surface area contributed by atoms with Gasteiger partial charge in [-0.3, -0.25) is 9.89 Å². The zero-order valence-corrected chi connectivity index (χ0v) is 14.8. The van der Waals surface area contributed by atoms with Crippen molar-refractivity contribution >= 4 is 5.96 Å². The van der Waals surface area contributed by atoms with E-state index in [4.69, 9.17) is 0 Å². The quantitative estimate of drug-likeness (QED) is 0.497. The first kappa shape index (κ1) is 20.1. The van der Waals surface area contributed by atoms with Crippen LogP contribution in [0.5, 0.6) is 0 Å². The van der Waals surface area contributed by atoms with Crippen molar-refractivity contribution in [1.29, 1.82) is 0 Å². The summed E-state index contributed by atoms with van der Waals surface area (Å²) in [6, 6.07) is 0.313. The van der Waals surface area contributed by atoms with E-state index in [0.29, 0.717) is 6.04 Å². The van der Waals surface area contributed by atoms with Gasteiger partial charge in [-0.2, -0.15) is 0 Å². The van der Waals surface area contributed by atoms with E-state index in [0.717, 1.165) is 64.5 Å². The van der Waals surface area contributed by atoms with E-state index in [1.165, 1.54) is 0 Å². The summed E-state index contributed by atoms with van der Waals surface area (Å²) in [7, 11) is 1.77. The second-order valence-electron chi connectivity index (χ2n) is 6.04. The van der Waals surface area contributed by atoms with Crippen LogP contribution < -0.4 is 10.6 Å². The topological polar surface area (TPSA) is 42.9 Å². The van der Waals surface area contributed by atoms with Gasteiger partial charge in [-0.25, -0.2) is 8.78 Å². The van der Waals surface area contributed by atoms with Crippen molar-refractivity contribution in [2.75, 3.05) is 52.9 Å². The molecule has 0 aromatic carbocycles. The maximum atomic E-state index is 12.4. The molecular formula is C16H33F2N5. The summed E-state index contributed by atoms with van der Waals surface area (Å²) < 4.78 is 24.8. The number of halogens is 2. The standard InChI is InChI=1S/C16H33F2N5/c1-4-9-22(5-2)12-8-20-16(19-3)21-14-6-10-23(11-7-14)13-15(17)18/h14-15H,4-13H2,1-3H3,(H2,19,20,21). The first-order valence-electron chi connectivity index (χ1n) is 8.79. The van der Waals surface area contributed by atoms with E-state index >= 15 is 0 Å². The van der Waals surface area contributed by atoms with Crippen LogP contribution in [0.25, 0.3) is 0 Å². The van der Waals surface area contributed by atoms with Gasteiger partial charge in [-0.15, -0.1) is 0 Å². The highest BCUT2D eigenvalue weighted by Crippen LogP contribution is 2.11. The predicted octanol–water partition coefficient (Wildman–Crippen LogP) is 1.61. The maximum Gasteiger partial charge on any atom is 0.251 e. The van der Waals surface area contributed by atoms with E-state index in [1.807, 2.05) is 4.90 Å². The fraction of sp³-hybridized carbons (Fsp3) is 0.938. The summed E-state index contributed by atoms with van der Waals surface area (Å²) in [6.45, 7) is 9.74. The van der Waals surface area contributed by atoms with Crippen LogP contribution in [0.3, 0.4) is 0 Å². The number of nitrogens with zero attached hydrogens (tertiary/aromatic N) is 3. The van der Waals surface area contributed by atoms with Gasteiger partial charge in [0.15, 0.2) is 5.96 Å². The molecule has 0 aromatic rings. The molecule has 7 heteroatoms. The third-order valence-corrected chi connectivity index (χ3v) is 4.26. The van der Waals surface area contributed by atoms with Gasteiger partial charge in [0.05, 0.1) is 6.54 Å². The highest BCUT2D eigenvalue weighted by molar-refractivity contribution is 5.79. The molecule has 2 N–H and O–H groups in total. The molecule has 1 rings (SSSR count). The lowest BCUT2D eigenvalue weighted by Gasteiger charge is -2.32. The molecule has 0 spiro atoms. The normalized spacial score (nSPS) is 18.0. The molecule has 1 aliphatic heterocycles. The molecule has 136 valence electrons. The summed E-state index contributed by atoms with van der Waals surface area (Å²) in [5.41, 5.74) is 0. The molecule has 1 fully saturated rings. The lowest BCUT2D eigenvalue weighted by molar-refractivity contribution is 0.0744. The fourth-order valence-electron chi connectivity index (χ4n) is 2.92. The van der Waals surface area contributed by atoms with E-state index in [1.54, 1.807) is 7.05 Å². The Bertz CT molecular complexity index is 330. The van der Waals surface area contributed by atoms with Gasteiger partial charge >= 0.3 is 0 Å². The van der Waals surface area contributed by atoms with E-state index in [2.05, 4.69) is 34.4 Å². The molecule has 0 aliphatic carbocycles. The van der Waals surface area contributed by atoms with Crippen molar-refractivity contribution in [3.63, 3.8) is 0 Å². The first-order chi connectivity index (χ1) is 11.1. The van der Waals surface area contributed by atoms with Crippen LogP contribution in [0.2, 0.25) is 0 Å². The molecule has 5 nitrogen and oxygen atoms in total. The Morgan fingerprint density at radius 2 is 1.96 bits per heavy atom. The summed E-state index contributed by atoms with van der Waals surface area (Å²) >= 11 is 0. The van der Waals surface area contributed by atoms with Crippen molar-refractivity contribution in [2.45, 2.75) is 45.6 Å². The van der Waals surface area contributed by atoms with Crippen LogP contribution in [0, 0.1) is 0 Å². The Morgan fingerprint density at radius 1 is 1.26 bits per heavy atom. The van der Waals surface area contributed by atoms with E-state index in [9.17, 15) is 8.78 Å². The number of piperidine rings is 1. The van der Waals surface area contributed by atoms with Crippen LogP contribution in [0.4, 0.5) is 8.78 Å². The molecule has 0 atom stereocenters. The number of likely N-dealkylation sites (tertiary alicyclic amines) is 1. The van der Waals surface area contributed by atoms with Gasteiger partial charge in [0, 0.05) is 39.3 Å². The average molecular weight is 333 g/mol. The van der Waals surface area contributed by atoms with Crippen LogP contribution in [0.15, 0.2) is 4.99 Å². The number of rotatable bonds is 9. The monoisotopic (exact) mass is 333 g/mol. The van der Waals surface area contributed by atoms with Gasteiger partial charge in [0.1, 0.15) is 0 Å². The number of hydrogen-bond acceptors (Lipinski definition) is 3. The third kappa shape index (κ3) is 8.46. The smallest absolute Gasteiger partial charge is 0.251 e. The Balaban J connectivity index is 2.24. The van der Waals surface area contributed by atoms with Gasteiger partial charge in [-0.05, 0) is 32.4 Å². The zero-order chi connectivity index (χ0) is 17.1. The maximum absolute atomic E-state index is 12.4. The summed E-state index contributed by atoms with van der Waals surface area (Å²) in [5, 5.41) is 6.76. The molecule has 0 bridgehead atoms. The number of guanidine groups is 1. The van der Waals surface area contributed by atoms with Gasteiger partial charge in [-0.1, -0.05) is 13.8 Å². The molecule has 0 amide bonds. The SMILES string of the molecule is CCCN(CC)CCNC(=NC)NC1CCN(CC(F)F)CC1. The largest absolute Gasteiger partial charge is 0.355 e. The lowest BCUT2D eigenvalue weighted by atomic mass is 10.1. The van der Waals surface area contributed by atoms with Gasteiger partial charge < -0.3 is 15.5 Å². The summed E-state index contributed by atoms with van der Waals surface area (Å²) in [6.07, 6.45) is 0.686. The van der Waals surface area contributed by atoms with Crippen LogP contribution >= 0.6 is 0 Å². The number of alkyl halides is 2. The van der Waals surface area contributed by atoms with Crippen molar-refractivity contribution in [2.24, 2.45) is 4.99 Å². The molecule has 0 radical (unpaired) electrons. The minimum Gasteiger partial charge on any atom is -0.355 e.